The highest BCUT2D eigenvalue weighted by Crippen LogP contribution is 2.20. The molecule has 0 bridgehead atoms. The number of aliphatic hydroxyl groups is 3. The second kappa shape index (κ2) is 52.5. The molecule has 47 heteroatoms. The first-order valence-electron chi connectivity index (χ1n) is 40.6. The number of hydrogen-bond donors (Lipinski definition) is 28. The first-order chi connectivity index (χ1) is 58.6. The summed E-state index contributed by atoms with van der Waals surface area (Å²) in [5.41, 5.74) is 23.3. The largest absolute Gasteiger partial charge is 0.508 e. The lowest BCUT2D eigenvalue weighted by atomic mass is 9.97. The van der Waals surface area contributed by atoms with Crippen LogP contribution in [0.3, 0.4) is 0 Å². The van der Waals surface area contributed by atoms with E-state index in [9.17, 15) is 117 Å². The number of phenolic OH excluding ortho intramolecular Hbond substituents is 1. The fraction of sp³-hybridized carbons (Fsp3) is 0.590. The molecular weight excluding hydrogens is 1640 g/mol. The van der Waals surface area contributed by atoms with Crippen molar-refractivity contribution in [3.63, 3.8) is 0 Å². The van der Waals surface area contributed by atoms with E-state index in [1.807, 2.05) is 10.6 Å². The van der Waals surface area contributed by atoms with Gasteiger partial charge in [0.1, 0.15) is 90.3 Å². The average molecular weight is 1770 g/mol. The summed E-state index contributed by atoms with van der Waals surface area (Å²) < 4.78 is 0. The van der Waals surface area contributed by atoms with E-state index in [4.69, 9.17) is 33.8 Å². The van der Waals surface area contributed by atoms with Crippen LogP contribution in [0.25, 0.3) is 0 Å². The van der Waals surface area contributed by atoms with Crippen molar-refractivity contribution in [2.24, 2.45) is 40.7 Å². The van der Waals surface area contributed by atoms with Gasteiger partial charge in [0.25, 0.3) is 0 Å². The second-order valence-electron chi connectivity index (χ2n) is 31.0. The summed E-state index contributed by atoms with van der Waals surface area (Å²) in [5.74, 6) is -23.1. The summed E-state index contributed by atoms with van der Waals surface area (Å²) in [6, 6.07) is -10.6. The van der Waals surface area contributed by atoms with E-state index in [-0.39, 0.29) is 82.7 Å². The van der Waals surface area contributed by atoms with Crippen molar-refractivity contribution in [2.45, 2.75) is 243 Å². The molecule has 0 radical (unpaired) electrons. The molecule has 694 valence electrons. The fourth-order valence-electron chi connectivity index (χ4n) is 12.4. The van der Waals surface area contributed by atoms with E-state index in [2.05, 4.69) is 74.4 Å². The quantitative estimate of drug-likeness (QED) is 0.0166. The Morgan fingerprint density at radius 2 is 0.872 bits per heavy atom. The maximum atomic E-state index is 14.7. The lowest BCUT2D eigenvalue weighted by Crippen LogP contribution is -2.62. The van der Waals surface area contributed by atoms with Gasteiger partial charge in [0.05, 0.1) is 44.2 Å². The lowest BCUT2D eigenvalue weighted by molar-refractivity contribution is -0.142. The number of likely N-dealkylation sites (tertiary alicyclic amines) is 1. The Kier molecular flexibility index (Phi) is 44.7. The molecule has 1 aliphatic heterocycles. The van der Waals surface area contributed by atoms with Crippen molar-refractivity contribution < 1.29 is 117 Å². The van der Waals surface area contributed by atoms with Crippen LogP contribution in [0.4, 0.5) is 0 Å². The monoisotopic (exact) mass is 1770 g/mol. The standard InChI is InChI=1S/C78H123N23O24/c1-11-38(6)59(73(121)89-40(8)76(124)125)98-75(123)61(42(10)104)100-68(116)48(31-44-23-25-45(105)26-24-44)93-65(113)46(20-15-27-85-77(81)82)90-64(112)47(21-16-28-86-78(83)84)91-70(118)53-22-17-29-101(53)55(107)34-87-63(111)52(35-102)96-67(115)51(33-56(108)109)94-66(114)50(32-54(79)106)92-62(110)39(7)88-74(122)60(41(9)103)99-69(117)49(30-43-18-13-12-14-19-43)95-72(120)58(37(4)5)97-71(119)57(80)36(2)3/h12-14,18-19,23-26,36-42,46-53,57-61,102-105H,11,15-17,20-22,27-35,80H2,1-10H3,(H2,79,106)(H,87,111)(H,88,122)(H,89,121)(H,90,112)(H,91,118)(H,92,110)(H,93,113)(H,94,114)(H,95,120)(H,96,115)(H,97,119)(H,98,123)(H,99,117)(H,100,116)(H,108,109)(H,124,125)(H4,81,82,85)(H4,83,84,86)/t38-,39-,40-,41+,42+,46-,47-,48-,49-,50-,51-,52-,53-,57-,58-,59-,60-,61-/m0/s1. The van der Waals surface area contributed by atoms with Gasteiger partial charge in [-0.3, -0.25) is 97.1 Å². The molecule has 0 unspecified atom stereocenters. The molecule has 2 aromatic carbocycles. The molecule has 2 aromatic rings. The van der Waals surface area contributed by atoms with Crippen LogP contribution in [0, 0.1) is 28.6 Å². The first-order valence-corrected chi connectivity index (χ1v) is 40.6. The highest BCUT2D eigenvalue weighted by atomic mass is 16.4. The summed E-state index contributed by atoms with van der Waals surface area (Å²) in [6.07, 6.45) is -6.35. The topological polar surface area (TPSA) is 776 Å². The number of rotatable bonds is 53. The number of aromatic hydroxyl groups is 1. The van der Waals surface area contributed by atoms with Crippen LogP contribution in [0.5, 0.6) is 5.75 Å². The SMILES string of the molecule is CC[C@H](C)[C@H](NC(=O)[C@@H](NC(=O)[C@H](Cc1ccc(O)cc1)NC(=O)[C@H](CCCNC(=N)N)NC(=O)[C@H](CCCNC(=N)N)NC(=O)[C@@H]1CCCN1C(=O)CNC(=O)[C@H](CO)NC(=O)[C@H](CC(=O)O)NC(=O)[C@H](CC(N)=O)NC(=O)[C@H](C)NC(=O)[C@@H](NC(=O)[C@H](Cc1ccccc1)NC(=O)[C@@H](NC(=O)[C@@H](N)C(C)C)C(C)C)[C@@H](C)O)[C@@H](C)O)C(=O)N[C@@H](C)C(=O)O. The molecule has 1 heterocycles. The van der Waals surface area contributed by atoms with Crippen molar-refractivity contribution in [1.29, 1.82) is 10.8 Å². The Bertz CT molecular complexity index is 4100. The number of carboxylic acids is 2. The number of aliphatic carboxylic acids is 2. The number of aliphatic hydroxyl groups excluding tert-OH is 3. The van der Waals surface area contributed by atoms with E-state index < -0.39 is 259 Å². The molecule has 0 spiro atoms. The Morgan fingerprint density at radius 3 is 1.34 bits per heavy atom. The van der Waals surface area contributed by atoms with Gasteiger partial charge in [-0.2, -0.15) is 0 Å². The summed E-state index contributed by atoms with van der Waals surface area (Å²) in [6.45, 7) is 12.0. The number of guanidine groups is 2. The fourth-order valence-corrected chi connectivity index (χ4v) is 12.4. The summed E-state index contributed by atoms with van der Waals surface area (Å²) in [7, 11) is 0. The molecule has 0 aromatic heterocycles. The van der Waals surface area contributed by atoms with Crippen LogP contribution in [0.15, 0.2) is 54.6 Å². The van der Waals surface area contributed by atoms with Crippen LogP contribution >= 0.6 is 0 Å². The van der Waals surface area contributed by atoms with Crippen LogP contribution in [0.1, 0.15) is 138 Å². The molecule has 32 N–H and O–H groups in total. The molecular formula is C78H123N23O24. The molecule has 0 saturated carbocycles. The number of primary amides is 1. The number of nitrogens with one attached hydrogen (secondary N) is 18. The molecule has 18 atom stereocenters. The maximum absolute atomic E-state index is 14.7. The number of benzene rings is 2. The van der Waals surface area contributed by atoms with Crippen LogP contribution < -0.4 is 108 Å². The second-order valence-corrected chi connectivity index (χ2v) is 31.0. The van der Waals surface area contributed by atoms with E-state index in [1.54, 1.807) is 71.9 Å². The molecule has 1 fully saturated rings. The molecule has 0 aliphatic carbocycles. The highest BCUT2D eigenvalue weighted by molar-refractivity contribution is 6.02. The molecule has 125 heavy (non-hydrogen) atoms. The predicted molar refractivity (Wildman–Crippen MR) is 446 cm³/mol. The van der Waals surface area contributed by atoms with Gasteiger partial charge in [-0.15, -0.1) is 0 Å². The lowest BCUT2D eigenvalue weighted by Gasteiger charge is -2.30. The van der Waals surface area contributed by atoms with E-state index in [1.165, 1.54) is 31.2 Å². The molecule has 47 nitrogen and oxygen atoms in total. The van der Waals surface area contributed by atoms with Crippen LogP contribution in [0.2, 0.25) is 0 Å². The normalized spacial score (nSPS) is 16.4. The zero-order valence-corrected chi connectivity index (χ0v) is 71.3. The summed E-state index contributed by atoms with van der Waals surface area (Å²) >= 11 is 0. The number of nitrogens with two attached hydrogens (primary N) is 4. The number of hydrogen-bond acceptors (Lipinski definition) is 25. The molecule has 1 aliphatic rings. The molecule has 16 amide bonds. The van der Waals surface area contributed by atoms with Crippen molar-refractivity contribution >= 4 is 118 Å². The minimum Gasteiger partial charge on any atom is -0.508 e. The Labute approximate surface area is 721 Å². The van der Waals surface area contributed by atoms with Crippen LogP contribution in [-0.2, 0) is 99.1 Å². The van der Waals surface area contributed by atoms with E-state index in [0.717, 1.165) is 25.7 Å². The van der Waals surface area contributed by atoms with Gasteiger partial charge in [0.2, 0.25) is 94.5 Å². The zero-order valence-electron chi connectivity index (χ0n) is 71.3. The van der Waals surface area contributed by atoms with E-state index in [0.29, 0.717) is 17.5 Å². The minimum absolute atomic E-state index is 0.000872. The van der Waals surface area contributed by atoms with Gasteiger partial charge < -0.3 is 144 Å². The van der Waals surface area contributed by atoms with Gasteiger partial charge in [0, 0.05) is 32.5 Å². The van der Waals surface area contributed by atoms with Crippen molar-refractivity contribution in [3.05, 3.63) is 65.7 Å². The maximum Gasteiger partial charge on any atom is 0.325 e. The first kappa shape index (κ1) is 106. The zero-order chi connectivity index (χ0) is 94.4. The number of carbonyl (C=O) groups excluding carboxylic acids is 16. The van der Waals surface area contributed by atoms with Gasteiger partial charge in [-0.25, -0.2) is 0 Å². The number of phenols is 1. The molecule has 3 rings (SSSR count). The Hall–Kier alpha value is -12.9. The third-order valence-corrected chi connectivity index (χ3v) is 20.0. The van der Waals surface area contributed by atoms with Crippen molar-refractivity contribution in [3.8, 4) is 5.75 Å². The van der Waals surface area contributed by atoms with Gasteiger partial charge in [-0.1, -0.05) is 90.4 Å². The van der Waals surface area contributed by atoms with E-state index >= 15 is 0 Å². The van der Waals surface area contributed by atoms with Gasteiger partial charge in [-0.05, 0) is 107 Å². The van der Waals surface area contributed by atoms with Crippen molar-refractivity contribution in [1.82, 2.24) is 90.0 Å². The summed E-state index contributed by atoms with van der Waals surface area (Å²) in [4.78, 5) is 247. The van der Waals surface area contributed by atoms with Crippen molar-refractivity contribution in [2.75, 3.05) is 32.8 Å². The van der Waals surface area contributed by atoms with Crippen LogP contribution in [-0.4, -0.2) is 290 Å². The highest BCUT2D eigenvalue weighted by Gasteiger charge is 2.42. The average Bonchev–Trinajstić information content (AvgIpc) is 1.77. The Morgan fingerprint density at radius 1 is 0.456 bits per heavy atom. The molecule has 1 saturated heterocycles. The minimum atomic E-state index is -2.18. The number of carboxylic acid groups (broad SMARTS) is 2. The predicted octanol–water partition coefficient (Wildman–Crippen LogP) is -8.97. The number of carbonyl (C=O) groups is 18. The Balaban J connectivity index is 1.85. The third kappa shape index (κ3) is 36.6. The van der Waals surface area contributed by atoms with Gasteiger partial charge in [0.15, 0.2) is 11.9 Å². The summed E-state index contributed by atoms with van der Waals surface area (Å²) in [5, 5.41) is 115. The third-order valence-electron chi connectivity index (χ3n) is 20.0. The smallest absolute Gasteiger partial charge is 0.325 e. The number of amides is 16. The van der Waals surface area contributed by atoms with Gasteiger partial charge >= 0.3 is 11.9 Å². The number of nitrogens with zero attached hydrogens (tertiary/aromatic N) is 1.